The summed E-state index contributed by atoms with van der Waals surface area (Å²) in [5, 5.41) is 3.08. The first-order valence-electron chi connectivity index (χ1n) is 8.12. The summed E-state index contributed by atoms with van der Waals surface area (Å²) in [5.41, 5.74) is 1.42. The van der Waals surface area contributed by atoms with E-state index in [1.165, 1.54) is 7.11 Å². The van der Waals surface area contributed by atoms with Gasteiger partial charge in [-0.25, -0.2) is 4.79 Å². The minimum atomic E-state index is -0.508. The first-order valence-corrected chi connectivity index (χ1v) is 8.50. The van der Waals surface area contributed by atoms with Crippen molar-refractivity contribution in [2.45, 2.75) is 6.54 Å². The third-order valence-corrected chi connectivity index (χ3v) is 4.64. The van der Waals surface area contributed by atoms with Crippen molar-refractivity contribution in [3.8, 4) is 17.2 Å². The van der Waals surface area contributed by atoms with Crippen molar-refractivity contribution >= 4 is 29.6 Å². The van der Waals surface area contributed by atoms with Crippen molar-refractivity contribution in [1.82, 2.24) is 10.2 Å². The molecule has 2 aromatic carbocycles. The Bertz CT molecular complexity index is 973. The summed E-state index contributed by atoms with van der Waals surface area (Å²) in [6, 6.07) is 9.94. The molecule has 0 spiro atoms. The summed E-state index contributed by atoms with van der Waals surface area (Å²) < 4.78 is 16.0. The van der Waals surface area contributed by atoms with Gasteiger partial charge >= 0.3 is 6.03 Å². The smallest absolute Gasteiger partial charge is 0.329 e. The van der Waals surface area contributed by atoms with E-state index in [-0.39, 0.29) is 19.0 Å². The Kier molecular flexibility index (Phi) is 4.37. The Hall–Kier alpha value is -3.19. The summed E-state index contributed by atoms with van der Waals surface area (Å²) in [6.45, 7) is 0.208. The maximum Gasteiger partial charge on any atom is 0.329 e. The van der Waals surface area contributed by atoms with Crippen molar-refractivity contribution < 1.29 is 23.8 Å². The average Bonchev–Trinajstić information content (AvgIpc) is 3.22. The number of carbonyl (C=O) groups is 2. The number of imide groups is 1. The maximum absolute atomic E-state index is 12.7. The fourth-order valence-electron chi connectivity index (χ4n) is 2.90. The highest BCUT2D eigenvalue weighted by molar-refractivity contribution is 6.31. The zero-order chi connectivity index (χ0) is 19.0. The van der Waals surface area contributed by atoms with E-state index < -0.39 is 11.9 Å². The van der Waals surface area contributed by atoms with Gasteiger partial charge in [0.2, 0.25) is 6.79 Å². The first kappa shape index (κ1) is 17.2. The Labute approximate surface area is 160 Å². The van der Waals surface area contributed by atoms with Gasteiger partial charge in [-0.15, -0.1) is 0 Å². The standard InChI is InChI=1S/C19H15ClN2O5/c1-25-15-8-17-16(26-10-27-17)7-12(15)6-14-18(23)22(19(24)21-14)9-11-4-2-3-5-13(11)20/h2-8H,9-10H2,1H3,(H,21,24). The lowest BCUT2D eigenvalue weighted by atomic mass is 10.1. The second-order valence-corrected chi connectivity index (χ2v) is 6.33. The molecule has 0 unspecified atom stereocenters. The number of ether oxygens (including phenoxy) is 3. The van der Waals surface area contributed by atoms with Gasteiger partial charge < -0.3 is 19.5 Å². The number of methoxy groups -OCH3 is 1. The topological polar surface area (TPSA) is 77.1 Å². The van der Waals surface area contributed by atoms with Crippen molar-refractivity contribution in [2.75, 3.05) is 13.9 Å². The van der Waals surface area contributed by atoms with E-state index in [4.69, 9.17) is 25.8 Å². The highest BCUT2D eigenvalue weighted by Crippen LogP contribution is 2.39. The van der Waals surface area contributed by atoms with E-state index >= 15 is 0 Å². The summed E-state index contributed by atoms with van der Waals surface area (Å²) in [7, 11) is 1.51. The summed E-state index contributed by atoms with van der Waals surface area (Å²) >= 11 is 6.13. The molecule has 1 saturated heterocycles. The summed E-state index contributed by atoms with van der Waals surface area (Å²) in [5.74, 6) is 1.17. The van der Waals surface area contributed by atoms with Crippen molar-refractivity contribution in [3.05, 3.63) is 58.2 Å². The molecule has 4 rings (SSSR count). The third-order valence-electron chi connectivity index (χ3n) is 4.27. The van der Waals surface area contributed by atoms with Gasteiger partial charge in [0.15, 0.2) is 11.5 Å². The molecule has 7 nitrogen and oxygen atoms in total. The fraction of sp³-hybridized carbons (Fsp3) is 0.158. The number of nitrogens with zero attached hydrogens (tertiary/aromatic N) is 1. The molecule has 0 atom stereocenters. The van der Waals surface area contributed by atoms with Crippen LogP contribution in [0.2, 0.25) is 5.02 Å². The minimum Gasteiger partial charge on any atom is -0.496 e. The van der Waals surface area contributed by atoms with Gasteiger partial charge in [-0.1, -0.05) is 29.8 Å². The van der Waals surface area contributed by atoms with E-state index in [1.54, 1.807) is 42.5 Å². The number of amides is 3. The minimum absolute atomic E-state index is 0.0833. The molecule has 2 aromatic rings. The number of halogens is 1. The molecule has 138 valence electrons. The van der Waals surface area contributed by atoms with Crippen LogP contribution in [0.3, 0.4) is 0 Å². The van der Waals surface area contributed by atoms with Crippen LogP contribution >= 0.6 is 11.6 Å². The van der Waals surface area contributed by atoms with E-state index in [0.29, 0.717) is 33.4 Å². The molecule has 27 heavy (non-hydrogen) atoms. The molecular weight excluding hydrogens is 372 g/mol. The number of carbonyl (C=O) groups excluding carboxylic acids is 2. The van der Waals surface area contributed by atoms with Gasteiger partial charge in [-0.3, -0.25) is 9.69 Å². The Balaban J connectivity index is 1.63. The predicted octanol–water partition coefficient (Wildman–Crippen LogP) is 3.17. The molecule has 0 aliphatic carbocycles. The van der Waals surface area contributed by atoms with Gasteiger partial charge in [0.25, 0.3) is 5.91 Å². The van der Waals surface area contributed by atoms with Gasteiger partial charge in [0.05, 0.1) is 13.7 Å². The Morgan fingerprint density at radius 3 is 2.70 bits per heavy atom. The molecule has 1 fully saturated rings. The molecule has 8 heteroatoms. The molecule has 0 saturated carbocycles. The van der Waals surface area contributed by atoms with Crippen LogP contribution in [0.1, 0.15) is 11.1 Å². The number of hydrogen-bond donors (Lipinski definition) is 1. The van der Waals surface area contributed by atoms with Crippen LogP contribution in [-0.2, 0) is 11.3 Å². The number of urea groups is 1. The van der Waals surface area contributed by atoms with E-state index in [2.05, 4.69) is 5.32 Å². The zero-order valence-electron chi connectivity index (χ0n) is 14.3. The van der Waals surface area contributed by atoms with Crippen LogP contribution in [0.15, 0.2) is 42.1 Å². The van der Waals surface area contributed by atoms with Crippen LogP contribution in [-0.4, -0.2) is 30.7 Å². The summed E-state index contributed by atoms with van der Waals surface area (Å²) in [6.07, 6.45) is 1.55. The van der Waals surface area contributed by atoms with E-state index in [9.17, 15) is 9.59 Å². The van der Waals surface area contributed by atoms with Crippen LogP contribution in [0.25, 0.3) is 6.08 Å². The largest absolute Gasteiger partial charge is 0.496 e. The first-order chi connectivity index (χ1) is 13.1. The Morgan fingerprint density at radius 1 is 1.22 bits per heavy atom. The highest BCUT2D eigenvalue weighted by atomic mass is 35.5. The molecule has 1 N–H and O–H groups in total. The average molecular weight is 387 g/mol. The van der Waals surface area contributed by atoms with Gasteiger partial charge in [-0.2, -0.15) is 0 Å². The van der Waals surface area contributed by atoms with Gasteiger partial charge in [-0.05, 0) is 23.8 Å². The van der Waals surface area contributed by atoms with Crippen LogP contribution in [0.4, 0.5) is 4.79 Å². The summed E-state index contributed by atoms with van der Waals surface area (Å²) in [4.78, 5) is 26.1. The molecule has 0 bridgehead atoms. The highest BCUT2D eigenvalue weighted by Gasteiger charge is 2.34. The fourth-order valence-corrected chi connectivity index (χ4v) is 3.09. The van der Waals surface area contributed by atoms with Crippen molar-refractivity contribution in [3.63, 3.8) is 0 Å². The molecular formula is C19H15ClN2O5. The molecule has 0 aromatic heterocycles. The quantitative estimate of drug-likeness (QED) is 0.645. The lowest BCUT2D eigenvalue weighted by Gasteiger charge is -2.12. The third kappa shape index (κ3) is 3.17. The monoisotopic (exact) mass is 386 g/mol. The zero-order valence-corrected chi connectivity index (χ0v) is 15.1. The number of fused-ring (bicyclic) bond motifs is 1. The number of nitrogens with one attached hydrogen (secondary N) is 1. The van der Waals surface area contributed by atoms with Gasteiger partial charge in [0, 0.05) is 16.7 Å². The molecule has 2 heterocycles. The number of benzene rings is 2. The normalized spacial score (nSPS) is 16.8. The molecule has 0 radical (unpaired) electrons. The van der Waals surface area contributed by atoms with Crippen molar-refractivity contribution in [1.29, 1.82) is 0 Å². The second kappa shape index (κ2) is 6.85. The lowest BCUT2D eigenvalue weighted by molar-refractivity contribution is -0.123. The molecule has 2 aliphatic rings. The second-order valence-electron chi connectivity index (χ2n) is 5.92. The molecule has 2 aliphatic heterocycles. The van der Waals surface area contributed by atoms with Crippen molar-refractivity contribution in [2.24, 2.45) is 0 Å². The van der Waals surface area contributed by atoms with Crippen LogP contribution < -0.4 is 19.5 Å². The van der Waals surface area contributed by atoms with Crippen LogP contribution in [0.5, 0.6) is 17.2 Å². The Morgan fingerprint density at radius 2 is 1.96 bits per heavy atom. The number of rotatable bonds is 4. The maximum atomic E-state index is 12.7. The van der Waals surface area contributed by atoms with E-state index in [0.717, 1.165) is 4.90 Å². The van der Waals surface area contributed by atoms with Crippen LogP contribution in [0, 0.1) is 0 Å². The lowest BCUT2D eigenvalue weighted by Crippen LogP contribution is -2.30. The molecule has 3 amide bonds. The SMILES string of the molecule is COc1cc2c(cc1C=C1NC(=O)N(Cc3ccccc3Cl)C1=O)OCO2. The van der Waals surface area contributed by atoms with E-state index in [1.807, 2.05) is 0 Å². The number of hydrogen-bond acceptors (Lipinski definition) is 5. The predicted molar refractivity (Wildman–Crippen MR) is 97.6 cm³/mol. The van der Waals surface area contributed by atoms with Gasteiger partial charge in [0.1, 0.15) is 11.4 Å².